The van der Waals surface area contributed by atoms with Gasteiger partial charge in [-0.25, -0.2) is 14.5 Å². The van der Waals surface area contributed by atoms with Crippen molar-refractivity contribution in [3.05, 3.63) is 51.8 Å². The molecule has 1 aliphatic heterocycles. The number of rotatable bonds is 2. The smallest absolute Gasteiger partial charge is 0.257 e. The first-order valence-corrected chi connectivity index (χ1v) is 10.6. The summed E-state index contributed by atoms with van der Waals surface area (Å²) in [6.07, 6.45) is 6.04. The van der Waals surface area contributed by atoms with Gasteiger partial charge < -0.3 is 10.3 Å². The van der Waals surface area contributed by atoms with E-state index in [0.717, 1.165) is 48.3 Å². The number of carbonyl (C=O) groups is 1. The van der Waals surface area contributed by atoms with Crippen LogP contribution in [0.1, 0.15) is 58.2 Å². The minimum atomic E-state index is -0.266. The predicted octanol–water partition coefficient (Wildman–Crippen LogP) is 3.01. The number of pyridine rings is 1. The zero-order valence-corrected chi connectivity index (χ0v) is 17.5. The van der Waals surface area contributed by atoms with Crippen LogP contribution in [-0.2, 0) is 12.8 Å². The molecule has 2 aliphatic rings. The number of aryl methyl sites for hydroxylation is 3. The van der Waals surface area contributed by atoms with Gasteiger partial charge in [0.05, 0.1) is 17.2 Å². The van der Waals surface area contributed by atoms with Crippen LogP contribution in [0.5, 0.6) is 0 Å². The highest BCUT2D eigenvalue weighted by Crippen LogP contribution is 2.29. The van der Waals surface area contributed by atoms with E-state index >= 15 is 0 Å². The summed E-state index contributed by atoms with van der Waals surface area (Å²) in [5.41, 5.74) is 4.82. The number of piperidine rings is 1. The number of hydrogen-bond donors (Lipinski definition) is 1. The average Bonchev–Trinajstić information content (AvgIpc) is 3.21. The molecule has 0 bridgehead atoms. The van der Waals surface area contributed by atoms with Gasteiger partial charge >= 0.3 is 0 Å². The highest BCUT2D eigenvalue weighted by atomic mass is 35.5. The lowest BCUT2D eigenvalue weighted by Crippen LogP contribution is -2.43. The highest BCUT2D eigenvalue weighted by molar-refractivity contribution is 6.32. The van der Waals surface area contributed by atoms with E-state index in [0.29, 0.717) is 36.6 Å². The second-order valence-corrected chi connectivity index (χ2v) is 8.37. The van der Waals surface area contributed by atoms with E-state index in [1.807, 2.05) is 19.1 Å². The molecule has 0 saturated carbocycles. The van der Waals surface area contributed by atoms with Crippen molar-refractivity contribution in [2.75, 3.05) is 13.1 Å². The zero-order valence-electron chi connectivity index (χ0n) is 16.7. The van der Waals surface area contributed by atoms with Crippen LogP contribution in [0.4, 0.5) is 0 Å². The van der Waals surface area contributed by atoms with Crippen molar-refractivity contribution in [2.45, 2.75) is 44.9 Å². The fourth-order valence-electron chi connectivity index (χ4n) is 4.44. The third-order valence-corrected chi connectivity index (χ3v) is 6.30. The summed E-state index contributed by atoms with van der Waals surface area (Å²) in [5.74, 6) is 0.111. The normalized spacial score (nSPS) is 19.2. The van der Waals surface area contributed by atoms with Gasteiger partial charge in [0, 0.05) is 36.6 Å². The zero-order chi connectivity index (χ0) is 20.8. The fraction of sp³-hybridized carbons (Fsp3) is 0.429. The van der Waals surface area contributed by atoms with Crippen LogP contribution in [0.25, 0.3) is 5.78 Å². The summed E-state index contributed by atoms with van der Waals surface area (Å²) in [6.45, 7) is 2.78. The molecule has 1 atom stereocenters. The Morgan fingerprint density at radius 2 is 2.03 bits per heavy atom. The Hall–Kier alpha value is -2.87. The molecule has 3 aromatic heterocycles. The number of nitrogens with zero attached hydrogens (tertiary/aromatic N) is 6. The molecule has 30 heavy (non-hydrogen) atoms. The van der Waals surface area contributed by atoms with Crippen molar-refractivity contribution in [3.8, 4) is 0 Å². The number of fused-ring (bicyclic) bond motifs is 2. The highest BCUT2D eigenvalue weighted by Gasteiger charge is 2.32. The molecule has 5 rings (SSSR count). The second kappa shape index (κ2) is 7.43. The number of amides is 1. The van der Waals surface area contributed by atoms with Crippen LogP contribution in [0.3, 0.4) is 0 Å². The minimum Gasteiger partial charge on any atom is -0.337 e. The van der Waals surface area contributed by atoms with E-state index in [-0.39, 0.29) is 17.0 Å². The van der Waals surface area contributed by atoms with Gasteiger partial charge in [0.25, 0.3) is 11.7 Å². The fourth-order valence-corrected chi connectivity index (χ4v) is 4.68. The lowest BCUT2D eigenvalue weighted by atomic mass is 9.91. The van der Waals surface area contributed by atoms with Gasteiger partial charge in [0.2, 0.25) is 0 Å². The Morgan fingerprint density at radius 3 is 2.90 bits per heavy atom. The molecule has 1 amide bonds. The van der Waals surface area contributed by atoms with Gasteiger partial charge in [-0.2, -0.15) is 10.1 Å². The summed E-state index contributed by atoms with van der Waals surface area (Å²) in [5, 5.41) is 13.1. The number of carbonyl (C=O) groups excluding carboxylic acids is 1. The number of aromatic nitrogens is 5. The van der Waals surface area contributed by atoms with Gasteiger partial charge in [-0.15, -0.1) is 0 Å². The molecule has 0 radical (unpaired) electrons. The Balaban J connectivity index is 1.47. The minimum absolute atomic E-state index is 0.126. The first kappa shape index (κ1) is 19.1. The molecule has 1 N–H and O–H groups in total. The molecule has 0 unspecified atom stereocenters. The largest absolute Gasteiger partial charge is 0.337 e. The molecule has 3 aromatic rings. The number of likely N-dealkylation sites (tertiary alicyclic amines) is 1. The van der Waals surface area contributed by atoms with E-state index in [4.69, 9.17) is 17.0 Å². The van der Waals surface area contributed by atoms with Crippen LogP contribution in [0.2, 0.25) is 5.15 Å². The molecule has 0 aromatic carbocycles. The van der Waals surface area contributed by atoms with Crippen molar-refractivity contribution in [1.82, 2.24) is 29.5 Å². The molecule has 9 heteroatoms. The van der Waals surface area contributed by atoms with Crippen LogP contribution >= 0.6 is 11.6 Å². The molecule has 8 nitrogen and oxygen atoms in total. The van der Waals surface area contributed by atoms with E-state index in [1.165, 1.54) is 6.33 Å². The molecule has 154 valence electrons. The third-order valence-electron chi connectivity index (χ3n) is 6.01. The van der Waals surface area contributed by atoms with Crippen molar-refractivity contribution < 1.29 is 4.79 Å². The summed E-state index contributed by atoms with van der Waals surface area (Å²) in [7, 11) is 0. The van der Waals surface area contributed by atoms with Crippen LogP contribution in [0, 0.1) is 12.3 Å². The van der Waals surface area contributed by atoms with E-state index < -0.39 is 0 Å². The summed E-state index contributed by atoms with van der Waals surface area (Å²) in [6, 6.07) is 3.84. The monoisotopic (exact) mass is 423 g/mol. The molecular weight excluding hydrogens is 402 g/mol. The van der Waals surface area contributed by atoms with Crippen molar-refractivity contribution >= 4 is 29.0 Å². The standard InChI is InChI=1S/C21H22ClN7O/c1-12-8-18(29-21(26-12)24-11-25-29)15-10-28(7-6-16(15)23)20(30)14-9-13-4-2-3-5-17(13)27-19(14)22/h8-9,11,15,23H,2-7,10H2,1H3/t15-/m1/s1. The third kappa shape index (κ3) is 3.25. The average molecular weight is 424 g/mol. The van der Waals surface area contributed by atoms with E-state index in [2.05, 4.69) is 20.1 Å². The lowest BCUT2D eigenvalue weighted by molar-refractivity contribution is 0.0745. The summed E-state index contributed by atoms with van der Waals surface area (Å²) >= 11 is 6.41. The van der Waals surface area contributed by atoms with E-state index in [9.17, 15) is 4.79 Å². The van der Waals surface area contributed by atoms with Gasteiger partial charge in [-0.05, 0) is 50.3 Å². The first-order chi connectivity index (χ1) is 14.5. The van der Waals surface area contributed by atoms with Crippen molar-refractivity contribution in [3.63, 3.8) is 0 Å². The van der Waals surface area contributed by atoms with Gasteiger partial charge in [-0.1, -0.05) is 11.6 Å². The Morgan fingerprint density at radius 1 is 1.20 bits per heavy atom. The molecule has 1 aliphatic carbocycles. The second-order valence-electron chi connectivity index (χ2n) is 8.01. The maximum absolute atomic E-state index is 13.4. The van der Waals surface area contributed by atoms with Gasteiger partial charge in [-0.3, -0.25) is 4.79 Å². The van der Waals surface area contributed by atoms with Gasteiger partial charge in [0.15, 0.2) is 0 Å². The van der Waals surface area contributed by atoms with E-state index in [1.54, 1.807) is 9.42 Å². The van der Waals surface area contributed by atoms with Crippen LogP contribution < -0.4 is 0 Å². The quantitative estimate of drug-likeness (QED) is 0.638. The summed E-state index contributed by atoms with van der Waals surface area (Å²) < 4.78 is 1.66. The Kier molecular flexibility index (Phi) is 4.73. The topological polar surface area (TPSA) is 100 Å². The summed E-state index contributed by atoms with van der Waals surface area (Å²) in [4.78, 5) is 28.2. The molecule has 4 heterocycles. The SMILES string of the molecule is Cc1cc([C@@H]2CN(C(=O)c3cc4c(nc3Cl)CCCC4)CCC2=N)n2ncnc2n1. The van der Waals surface area contributed by atoms with Crippen LogP contribution in [-0.4, -0.2) is 54.2 Å². The molecule has 1 saturated heterocycles. The number of halogens is 1. The maximum atomic E-state index is 13.4. The molecule has 1 fully saturated rings. The Bertz CT molecular complexity index is 1170. The predicted molar refractivity (Wildman–Crippen MR) is 112 cm³/mol. The maximum Gasteiger partial charge on any atom is 0.257 e. The number of hydrogen-bond acceptors (Lipinski definition) is 6. The molecule has 0 spiro atoms. The van der Waals surface area contributed by atoms with Gasteiger partial charge in [0.1, 0.15) is 11.5 Å². The number of nitrogens with one attached hydrogen (secondary N) is 1. The first-order valence-electron chi connectivity index (χ1n) is 10.2. The lowest BCUT2D eigenvalue weighted by Gasteiger charge is -2.34. The van der Waals surface area contributed by atoms with Crippen LogP contribution in [0.15, 0.2) is 18.5 Å². The Labute approximate surface area is 178 Å². The van der Waals surface area contributed by atoms with Crippen molar-refractivity contribution in [1.29, 1.82) is 5.41 Å². The molecular formula is C21H22ClN7O. The van der Waals surface area contributed by atoms with Crippen molar-refractivity contribution in [2.24, 2.45) is 0 Å².